The van der Waals surface area contributed by atoms with E-state index in [1.54, 1.807) is 11.3 Å². The van der Waals surface area contributed by atoms with Gasteiger partial charge < -0.3 is 10.2 Å². The van der Waals surface area contributed by atoms with Crippen molar-refractivity contribution in [2.24, 2.45) is 0 Å². The van der Waals surface area contributed by atoms with E-state index in [-0.39, 0.29) is 12.1 Å². The number of amides is 2. The van der Waals surface area contributed by atoms with Gasteiger partial charge in [0.1, 0.15) is 0 Å². The molecule has 0 unspecified atom stereocenters. The molecular formula is C17H19BrN2OS. The van der Waals surface area contributed by atoms with E-state index < -0.39 is 0 Å². The van der Waals surface area contributed by atoms with E-state index in [2.05, 4.69) is 38.8 Å². The molecule has 3 rings (SSSR count). The fraction of sp³-hybridized carbons (Fsp3) is 0.353. The molecule has 1 aliphatic heterocycles. The molecule has 1 saturated heterocycles. The van der Waals surface area contributed by atoms with E-state index in [9.17, 15) is 4.79 Å². The van der Waals surface area contributed by atoms with Gasteiger partial charge in [-0.3, -0.25) is 0 Å². The fourth-order valence-electron chi connectivity index (χ4n) is 2.86. The normalized spacial score (nSPS) is 18.8. The van der Waals surface area contributed by atoms with Crippen LogP contribution in [0.5, 0.6) is 0 Å². The van der Waals surface area contributed by atoms with Crippen LogP contribution in [0.2, 0.25) is 0 Å². The third-order valence-corrected chi connectivity index (χ3v) is 5.48. The molecule has 2 heterocycles. The first-order valence-electron chi connectivity index (χ1n) is 7.60. The zero-order valence-electron chi connectivity index (χ0n) is 12.3. The number of carbonyl (C=O) groups is 1. The highest BCUT2D eigenvalue weighted by Gasteiger charge is 2.27. The first-order valence-corrected chi connectivity index (χ1v) is 9.28. The molecule has 1 atom stereocenters. The molecule has 0 aliphatic carbocycles. The number of anilines is 1. The Morgan fingerprint density at radius 3 is 2.73 bits per heavy atom. The highest BCUT2D eigenvalue weighted by molar-refractivity contribution is 9.10. The van der Waals surface area contributed by atoms with Gasteiger partial charge in [-0.25, -0.2) is 4.79 Å². The van der Waals surface area contributed by atoms with Gasteiger partial charge in [0.05, 0.1) is 6.04 Å². The topological polar surface area (TPSA) is 32.3 Å². The summed E-state index contributed by atoms with van der Waals surface area (Å²) < 4.78 is 1.01. The van der Waals surface area contributed by atoms with Gasteiger partial charge in [0, 0.05) is 21.6 Å². The molecule has 0 spiro atoms. The average Bonchev–Trinajstić information content (AvgIpc) is 2.94. The quantitative estimate of drug-likeness (QED) is 0.718. The number of hydrogen-bond donors (Lipinski definition) is 1. The summed E-state index contributed by atoms with van der Waals surface area (Å²) in [6.07, 6.45) is 4.51. The van der Waals surface area contributed by atoms with Crippen LogP contribution in [-0.4, -0.2) is 17.5 Å². The van der Waals surface area contributed by atoms with Crippen LogP contribution in [-0.2, 0) is 0 Å². The van der Waals surface area contributed by atoms with Crippen molar-refractivity contribution in [3.05, 3.63) is 51.1 Å². The summed E-state index contributed by atoms with van der Waals surface area (Å²) in [5, 5.41) is 5.12. The third-order valence-electron chi connectivity index (χ3n) is 3.98. The van der Waals surface area contributed by atoms with Gasteiger partial charge in [-0.1, -0.05) is 34.8 Å². The Morgan fingerprint density at radius 1 is 1.18 bits per heavy atom. The predicted octanol–water partition coefficient (Wildman–Crippen LogP) is 5.66. The van der Waals surface area contributed by atoms with Gasteiger partial charge in [-0.05, 0) is 48.6 Å². The molecule has 2 aromatic rings. The summed E-state index contributed by atoms with van der Waals surface area (Å²) >= 11 is 5.15. The number of thiophene rings is 1. The van der Waals surface area contributed by atoms with Crippen molar-refractivity contribution in [1.29, 1.82) is 0 Å². The zero-order chi connectivity index (χ0) is 15.4. The second-order valence-corrected chi connectivity index (χ2v) is 7.41. The first kappa shape index (κ1) is 15.6. The molecule has 1 fully saturated rings. The van der Waals surface area contributed by atoms with Crippen LogP contribution in [0.3, 0.4) is 0 Å². The van der Waals surface area contributed by atoms with Gasteiger partial charge >= 0.3 is 6.03 Å². The number of halogens is 1. The Morgan fingerprint density at radius 2 is 2.00 bits per heavy atom. The molecule has 0 radical (unpaired) electrons. The van der Waals surface area contributed by atoms with Gasteiger partial charge in [0.15, 0.2) is 0 Å². The van der Waals surface area contributed by atoms with Crippen LogP contribution >= 0.6 is 27.3 Å². The molecule has 22 heavy (non-hydrogen) atoms. The van der Waals surface area contributed by atoms with E-state index in [0.717, 1.165) is 29.5 Å². The SMILES string of the molecule is O=C(Nc1ccc(Br)cc1)N1CCCCC[C@@H]1c1cccs1. The Balaban J connectivity index is 1.76. The molecular weight excluding hydrogens is 360 g/mol. The predicted molar refractivity (Wildman–Crippen MR) is 95.4 cm³/mol. The summed E-state index contributed by atoms with van der Waals surface area (Å²) in [6.45, 7) is 0.824. The number of rotatable bonds is 2. The second-order valence-electron chi connectivity index (χ2n) is 5.51. The van der Waals surface area contributed by atoms with Crippen molar-refractivity contribution in [2.45, 2.75) is 31.7 Å². The fourth-order valence-corrected chi connectivity index (χ4v) is 3.99. The van der Waals surface area contributed by atoms with Crippen LogP contribution in [0.15, 0.2) is 46.3 Å². The zero-order valence-corrected chi connectivity index (χ0v) is 14.7. The molecule has 116 valence electrons. The summed E-state index contributed by atoms with van der Waals surface area (Å²) in [6, 6.07) is 12.1. The van der Waals surface area contributed by atoms with Gasteiger partial charge in [-0.2, -0.15) is 0 Å². The van der Waals surface area contributed by atoms with Crippen LogP contribution < -0.4 is 5.32 Å². The number of hydrogen-bond acceptors (Lipinski definition) is 2. The van der Waals surface area contributed by atoms with Crippen LogP contribution in [0.25, 0.3) is 0 Å². The van der Waals surface area contributed by atoms with Crippen LogP contribution in [0.1, 0.15) is 36.6 Å². The van der Waals surface area contributed by atoms with E-state index >= 15 is 0 Å². The van der Waals surface area contributed by atoms with Crippen molar-refractivity contribution >= 4 is 39.0 Å². The largest absolute Gasteiger partial charge is 0.322 e. The number of urea groups is 1. The molecule has 5 heteroatoms. The van der Waals surface area contributed by atoms with Gasteiger partial charge in [-0.15, -0.1) is 11.3 Å². The standard InChI is InChI=1S/C17H19BrN2OS/c18-13-7-9-14(10-8-13)19-17(21)20-11-3-1-2-5-15(20)16-6-4-12-22-16/h4,6-10,12,15H,1-3,5,11H2,(H,19,21)/t15-/m1/s1. The highest BCUT2D eigenvalue weighted by Crippen LogP contribution is 2.33. The second kappa shape index (κ2) is 7.29. The lowest BCUT2D eigenvalue weighted by Crippen LogP contribution is -2.37. The molecule has 1 aliphatic rings. The molecule has 1 aromatic heterocycles. The van der Waals surface area contributed by atoms with Crippen molar-refractivity contribution < 1.29 is 4.79 Å². The first-order chi connectivity index (χ1) is 10.7. The smallest absolute Gasteiger partial charge is 0.317 e. The van der Waals surface area contributed by atoms with E-state index in [0.29, 0.717) is 0 Å². The minimum absolute atomic E-state index is 0.00243. The molecule has 1 aromatic carbocycles. The number of benzene rings is 1. The Bertz CT molecular complexity index is 612. The number of carbonyl (C=O) groups excluding carboxylic acids is 1. The number of nitrogens with zero attached hydrogens (tertiary/aromatic N) is 1. The Labute approximate surface area is 143 Å². The minimum Gasteiger partial charge on any atom is -0.317 e. The lowest BCUT2D eigenvalue weighted by molar-refractivity contribution is 0.190. The molecule has 0 bridgehead atoms. The Kier molecular flexibility index (Phi) is 5.16. The molecule has 3 nitrogen and oxygen atoms in total. The number of likely N-dealkylation sites (tertiary alicyclic amines) is 1. The monoisotopic (exact) mass is 378 g/mol. The summed E-state index contributed by atoms with van der Waals surface area (Å²) in [4.78, 5) is 16.0. The van der Waals surface area contributed by atoms with E-state index in [4.69, 9.17) is 0 Å². The van der Waals surface area contributed by atoms with E-state index in [1.165, 1.54) is 17.7 Å². The lowest BCUT2D eigenvalue weighted by atomic mass is 10.1. The van der Waals surface area contributed by atoms with Gasteiger partial charge in [0.25, 0.3) is 0 Å². The summed E-state index contributed by atoms with van der Waals surface area (Å²) in [5.41, 5.74) is 0.836. The van der Waals surface area contributed by atoms with E-state index in [1.807, 2.05) is 29.2 Å². The minimum atomic E-state index is 0.00243. The summed E-state index contributed by atoms with van der Waals surface area (Å²) in [7, 11) is 0. The molecule has 2 amide bonds. The Hall–Kier alpha value is -1.33. The highest BCUT2D eigenvalue weighted by atomic mass is 79.9. The van der Waals surface area contributed by atoms with Crippen molar-refractivity contribution in [3.8, 4) is 0 Å². The number of nitrogens with one attached hydrogen (secondary N) is 1. The van der Waals surface area contributed by atoms with Crippen LogP contribution in [0, 0.1) is 0 Å². The van der Waals surface area contributed by atoms with Crippen molar-refractivity contribution in [3.63, 3.8) is 0 Å². The maximum atomic E-state index is 12.7. The van der Waals surface area contributed by atoms with Crippen LogP contribution in [0.4, 0.5) is 10.5 Å². The summed E-state index contributed by atoms with van der Waals surface area (Å²) in [5.74, 6) is 0. The maximum Gasteiger partial charge on any atom is 0.322 e. The maximum absolute atomic E-state index is 12.7. The lowest BCUT2D eigenvalue weighted by Gasteiger charge is -2.29. The third kappa shape index (κ3) is 3.70. The van der Waals surface area contributed by atoms with Crippen molar-refractivity contribution in [2.75, 3.05) is 11.9 Å². The average molecular weight is 379 g/mol. The molecule has 0 saturated carbocycles. The van der Waals surface area contributed by atoms with Gasteiger partial charge in [0.2, 0.25) is 0 Å². The van der Waals surface area contributed by atoms with Crippen molar-refractivity contribution in [1.82, 2.24) is 4.90 Å². The molecule has 1 N–H and O–H groups in total.